The predicted molar refractivity (Wildman–Crippen MR) is 52.3 cm³/mol. The fraction of sp³-hybridized carbons (Fsp3) is 0.300. The van der Waals surface area contributed by atoms with Crippen molar-refractivity contribution in [3.63, 3.8) is 0 Å². The largest absolute Gasteiger partial charge is 0.496 e. The van der Waals surface area contributed by atoms with Crippen molar-refractivity contribution < 1.29 is 17.9 Å². The summed E-state index contributed by atoms with van der Waals surface area (Å²) in [6.07, 6.45) is -4.55. The summed E-state index contributed by atoms with van der Waals surface area (Å²) in [6.45, 7) is 0. The number of ether oxygens (including phenoxy) is 1. The molecule has 0 aliphatic heterocycles. The highest BCUT2D eigenvalue weighted by molar-refractivity contribution is 6.17. The van der Waals surface area contributed by atoms with E-state index in [9.17, 15) is 13.2 Å². The predicted octanol–water partition coefficient (Wildman–Crippen LogP) is 3.32. The maximum atomic E-state index is 12.6. The molecule has 2 nitrogen and oxygen atoms in total. The molecule has 0 fully saturated rings. The molecule has 0 N–H and O–H groups in total. The van der Waals surface area contributed by atoms with Gasteiger partial charge in [0.1, 0.15) is 5.75 Å². The van der Waals surface area contributed by atoms with Gasteiger partial charge in [0.25, 0.3) is 0 Å². The van der Waals surface area contributed by atoms with E-state index in [0.29, 0.717) is 5.56 Å². The van der Waals surface area contributed by atoms with E-state index in [2.05, 4.69) is 4.74 Å². The molecular weight excluding hydrogens is 243 g/mol. The molecule has 1 aromatic carbocycles. The quantitative estimate of drug-likeness (QED) is 0.753. The first kappa shape index (κ1) is 12.7. The van der Waals surface area contributed by atoms with Gasteiger partial charge in [-0.25, -0.2) is 0 Å². The Kier molecular flexibility index (Phi) is 3.66. The van der Waals surface area contributed by atoms with E-state index in [4.69, 9.17) is 16.9 Å². The van der Waals surface area contributed by atoms with Gasteiger partial charge in [-0.3, -0.25) is 0 Å². The number of rotatable bonds is 2. The number of halogens is 4. The highest BCUT2D eigenvalue weighted by Crippen LogP contribution is 2.38. The molecule has 0 atom stereocenters. The van der Waals surface area contributed by atoms with Crippen LogP contribution in [0.4, 0.5) is 13.2 Å². The van der Waals surface area contributed by atoms with Crippen LogP contribution in [0.5, 0.6) is 5.75 Å². The van der Waals surface area contributed by atoms with Gasteiger partial charge in [0.2, 0.25) is 0 Å². The number of alkyl halides is 4. The van der Waals surface area contributed by atoms with Crippen molar-refractivity contribution >= 4 is 11.6 Å². The molecule has 86 valence electrons. The number of methoxy groups -OCH3 is 1. The van der Waals surface area contributed by atoms with Crippen molar-refractivity contribution in [3.8, 4) is 11.8 Å². The Morgan fingerprint density at radius 2 is 2.06 bits per heavy atom. The molecule has 0 heterocycles. The fourth-order valence-electron chi connectivity index (χ4n) is 1.23. The molecule has 1 rings (SSSR count). The van der Waals surface area contributed by atoms with Gasteiger partial charge in [-0.1, -0.05) is 0 Å². The van der Waals surface area contributed by atoms with Gasteiger partial charge in [0.05, 0.1) is 24.3 Å². The average Bonchev–Trinajstić information content (AvgIpc) is 2.25. The van der Waals surface area contributed by atoms with Crippen molar-refractivity contribution in [2.75, 3.05) is 7.11 Å². The summed E-state index contributed by atoms with van der Waals surface area (Å²) in [5, 5.41) is 8.69. The second-order valence-corrected chi connectivity index (χ2v) is 3.22. The molecule has 0 bridgehead atoms. The van der Waals surface area contributed by atoms with Crippen LogP contribution < -0.4 is 4.74 Å². The molecule has 6 heteroatoms. The van der Waals surface area contributed by atoms with Crippen LogP contribution in [0, 0.1) is 11.3 Å². The van der Waals surface area contributed by atoms with E-state index in [-0.39, 0.29) is 17.2 Å². The Hall–Kier alpha value is -1.41. The highest BCUT2D eigenvalue weighted by Gasteiger charge is 2.35. The van der Waals surface area contributed by atoms with Crippen LogP contribution in [-0.2, 0) is 12.1 Å². The summed E-state index contributed by atoms with van der Waals surface area (Å²) in [6, 6.07) is 3.55. The third-order valence-corrected chi connectivity index (χ3v) is 2.28. The molecule has 0 unspecified atom stereocenters. The van der Waals surface area contributed by atoms with Crippen molar-refractivity contribution in [2.24, 2.45) is 0 Å². The molecule has 16 heavy (non-hydrogen) atoms. The van der Waals surface area contributed by atoms with Gasteiger partial charge < -0.3 is 4.74 Å². The zero-order valence-corrected chi connectivity index (χ0v) is 8.99. The minimum absolute atomic E-state index is 0.0443. The van der Waals surface area contributed by atoms with Crippen LogP contribution in [0.2, 0.25) is 0 Å². The normalized spacial score (nSPS) is 11.0. The Balaban J connectivity index is 3.45. The van der Waals surface area contributed by atoms with Crippen molar-refractivity contribution in [1.82, 2.24) is 0 Å². The lowest BCUT2D eigenvalue weighted by molar-refractivity contribution is -0.138. The lowest BCUT2D eigenvalue weighted by atomic mass is 10.0. The minimum atomic E-state index is -4.55. The molecular formula is C10H7ClF3NO. The van der Waals surface area contributed by atoms with E-state index in [1.54, 1.807) is 6.07 Å². The van der Waals surface area contributed by atoms with E-state index >= 15 is 0 Å². The van der Waals surface area contributed by atoms with Gasteiger partial charge in [-0.2, -0.15) is 18.4 Å². The molecule has 0 amide bonds. The van der Waals surface area contributed by atoms with Crippen molar-refractivity contribution in [2.45, 2.75) is 12.1 Å². The zero-order chi connectivity index (χ0) is 12.3. The molecule has 0 aliphatic rings. The van der Waals surface area contributed by atoms with Gasteiger partial charge >= 0.3 is 6.18 Å². The van der Waals surface area contributed by atoms with Crippen LogP contribution in [-0.4, -0.2) is 7.11 Å². The Labute approximate surface area is 95.2 Å². The van der Waals surface area contributed by atoms with Gasteiger partial charge in [-0.15, -0.1) is 11.6 Å². The summed E-state index contributed by atoms with van der Waals surface area (Å²) in [5.41, 5.74) is -0.752. The van der Waals surface area contributed by atoms with E-state index in [0.717, 1.165) is 19.2 Å². The zero-order valence-electron chi connectivity index (χ0n) is 8.23. The van der Waals surface area contributed by atoms with E-state index < -0.39 is 11.7 Å². The Bertz CT molecular complexity index is 437. The average molecular weight is 250 g/mol. The van der Waals surface area contributed by atoms with Gasteiger partial charge in [0, 0.05) is 5.88 Å². The third kappa shape index (κ3) is 2.39. The standard InChI is InChI=1S/C10H7ClF3NO/c1-16-9-3-6(4-11)7(5-15)2-8(9)10(12,13)14/h2-3H,4H2,1H3. The van der Waals surface area contributed by atoms with E-state index in [1.807, 2.05) is 0 Å². The van der Waals surface area contributed by atoms with Crippen molar-refractivity contribution in [3.05, 3.63) is 28.8 Å². The first-order valence-electron chi connectivity index (χ1n) is 4.18. The summed E-state index contributed by atoms with van der Waals surface area (Å²) >= 11 is 5.52. The second kappa shape index (κ2) is 4.62. The molecule has 0 spiro atoms. The van der Waals surface area contributed by atoms with E-state index in [1.165, 1.54) is 0 Å². The number of nitrogens with zero attached hydrogens (tertiary/aromatic N) is 1. The van der Waals surface area contributed by atoms with Crippen LogP contribution in [0.1, 0.15) is 16.7 Å². The Morgan fingerprint density at radius 1 is 1.44 bits per heavy atom. The number of hydrogen-bond acceptors (Lipinski definition) is 2. The molecule has 0 aliphatic carbocycles. The molecule has 1 aromatic rings. The maximum Gasteiger partial charge on any atom is 0.420 e. The SMILES string of the molecule is COc1cc(CCl)c(C#N)cc1C(F)(F)F. The number of nitriles is 1. The monoisotopic (exact) mass is 249 g/mol. The van der Waals surface area contributed by atoms with Crippen LogP contribution in [0.3, 0.4) is 0 Å². The second-order valence-electron chi connectivity index (χ2n) is 2.95. The number of benzene rings is 1. The summed E-state index contributed by atoms with van der Waals surface area (Å²) < 4.78 is 42.3. The van der Waals surface area contributed by atoms with Gasteiger partial charge in [0.15, 0.2) is 0 Å². The molecule has 0 aromatic heterocycles. The lowest BCUT2D eigenvalue weighted by Crippen LogP contribution is -2.09. The molecule has 0 saturated carbocycles. The summed E-state index contributed by atoms with van der Waals surface area (Å²) in [5.74, 6) is -0.376. The first-order valence-corrected chi connectivity index (χ1v) is 4.71. The highest BCUT2D eigenvalue weighted by atomic mass is 35.5. The summed E-state index contributed by atoms with van der Waals surface area (Å²) in [4.78, 5) is 0. The van der Waals surface area contributed by atoms with Crippen molar-refractivity contribution in [1.29, 1.82) is 5.26 Å². The first-order chi connectivity index (χ1) is 7.43. The minimum Gasteiger partial charge on any atom is -0.496 e. The fourth-order valence-corrected chi connectivity index (χ4v) is 1.45. The topological polar surface area (TPSA) is 33.0 Å². The summed E-state index contributed by atoms with van der Waals surface area (Å²) in [7, 11) is 1.13. The van der Waals surface area contributed by atoms with Crippen LogP contribution >= 0.6 is 11.6 Å². The lowest BCUT2D eigenvalue weighted by Gasteiger charge is -2.13. The smallest absolute Gasteiger partial charge is 0.420 e. The molecule has 0 radical (unpaired) electrons. The number of hydrogen-bond donors (Lipinski definition) is 0. The van der Waals surface area contributed by atoms with Gasteiger partial charge in [-0.05, 0) is 17.7 Å². The maximum absolute atomic E-state index is 12.6. The third-order valence-electron chi connectivity index (χ3n) is 2.00. The van der Waals surface area contributed by atoms with Crippen LogP contribution in [0.25, 0.3) is 0 Å². The van der Waals surface area contributed by atoms with Crippen LogP contribution in [0.15, 0.2) is 12.1 Å². The molecule has 0 saturated heterocycles. The Morgan fingerprint density at radius 3 is 2.44 bits per heavy atom.